The number of alkyl halides is 1. The molecule has 1 aromatic carbocycles. The molecular formula is C9H11FO. The molecule has 0 aliphatic carbocycles. The summed E-state index contributed by atoms with van der Waals surface area (Å²) >= 11 is 0. The van der Waals surface area contributed by atoms with Crippen LogP contribution in [0, 0.1) is 0 Å². The Morgan fingerprint density at radius 2 is 1.91 bits per heavy atom. The number of hydrogen-bond acceptors (Lipinski definition) is 1. The number of rotatable bonds is 3. The smallest absolute Gasteiger partial charge is 0.228 e. The first kappa shape index (κ1) is 8.05. The quantitative estimate of drug-likeness (QED) is 0.650. The molecule has 0 N–H and O–H groups in total. The zero-order valence-electron chi connectivity index (χ0n) is 6.51. The number of hydrogen-bond donors (Lipinski definition) is 0. The fourth-order valence-electron chi connectivity index (χ4n) is 0.884. The van der Waals surface area contributed by atoms with E-state index < -0.39 is 6.86 Å². The molecule has 1 rings (SSSR count). The Balaban J connectivity index is 2.66. The summed E-state index contributed by atoms with van der Waals surface area (Å²) in [6, 6.07) is 7.42. The van der Waals surface area contributed by atoms with Gasteiger partial charge >= 0.3 is 0 Å². The van der Waals surface area contributed by atoms with Crippen molar-refractivity contribution in [1.29, 1.82) is 0 Å². The Labute approximate surface area is 65.8 Å². The third-order valence-corrected chi connectivity index (χ3v) is 1.55. The Morgan fingerprint density at radius 1 is 1.27 bits per heavy atom. The van der Waals surface area contributed by atoms with Gasteiger partial charge in [-0.05, 0) is 24.1 Å². The summed E-state index contributed by atoms with van der Waals surface area (Å²) in [7, 11) is 0. The van der Waals surface area contributed by atoms with Crippen molar-refractivity contribution in [2.24, 2.45) is 0 Å². The minimum absolute atomic E-state index is 0.588. The van der Waals surface area contributed by atoms with Crippen molar-refractivity contribution in [3.8, 4) is 5.75 Å². The fourth-order valence-corrected chi connectivity index (χ4v) is 0.884. The molecule has 0 aliphatic heterocycles. The van der Waals surface area contributed by atoms with E-state index in [1.807, 2.05) is 12.1 Å². The SMILES string of the molecule is CCc1ccc(OCF)cc1. The van der Waals surface area contributed by atoms with Gasteiger partial charge in [-0.1, -0.05) is 19.1 Å². The Hall–Kier alpha value is -1.05. The Morgan fingerprint density at radius 3 is 2.36 bits per heavy atom. The van der Waals surface area contributed by atoms with E-state index >= 15 is 0 Å². The largest absolute Gasteiger partial charge is 0.463 e. The predicted octanol–water partition coefficient (Wildman–Crippen LogP) is 2.55. The highest BCUT2D eigenvalue weighted by Gasteiger charge is 1.91. The van der Waals surface area contributed by atoms with Crippen molar-refractivity contribution >= 4 is 0 Å². The molecule has 0 aromatic heterocycles. The van der Waals surface area contributed by atoms with Crippen molar-refractivity contribution in [2.45, 2.75) is 13.3 Å². The zero-order chi connectivity index (χ0) is 8.10. The van der Waals surface area contributed by atoms with Gasteiger partial charge in [0.25, 0.3) is 0 Å². The third-order valence-electron chi connectivity index (χ3n) is 1.55. The lowest BCUT2D eigenvalue weighted by Crippen LogP contribution is -1.89. The molecule has 0 aliphatic rings. The normalized spacial score (nSPS) is 9.64. The summed E-state index contributed by atoms with van der Waals surface area (Å²) in [6.07, 6.45) is 0.996. The van der Waals surface area contributed by atoms with Crippen molar-refractivity contribution in [3.63, 3.8) is 0 Å². The first-order valence-corrected chi connectivity index (χ1v) is 3.64. The van der Waals surface area contributed by atoms with Crippen molar-refractivity contribution in [2.75, 3.05) is 6.86 Å². The molecule has 2 heteroatoms. The van der Waals surface area contributed by atoms with Crippen LogP contribution in [0.4, 0.5) is 4.39 Å². The molecule has 0 atom stereocenters. The van der Waals surface area contributed by atoms with Gasteiger partial charge in [-0.25, -0.2) is 4.39 Å². The van der Waals surface area contributed by atoms with Gasteiger partial charge in [0.1, 0.15) is 5.75 Å². The van der Waals surface area contributed by atoms with E-state index in [0.29, 0.717) is 5.75 Å². The molecule has 0 amide bonds. The first-order valence-electron chi connectivity index (χ1n) is 3.64. The number of benzene rings is 1. The maximum Gasteiger partial charge on any atom is 0.228 e. The fraction of sp³-hybridized carbons (Fsp3) is 0.333. The lowest BCUT2D eigenvalue weighted by Gasteiger charge is -2.00. The lowest BCUT2D eigenvalue weighted by atomic mass is 10.2. The van der Waals surface area contributed by atoms with Crippen LogP contribution >= 0.6 is 0 Å². The van der Waals surface area contributed by atoms with Crippen molar-refractivity contribution in [1.82, 2.24) is 0 Å². The van der Waals surface area contributed by atoms with Crippen molar-refractivity contribution < 1.29 is 9.13 Å². The molecule has 60 valence electrons. The van der Waals surface area contributed by atoms with E-state index in [1.54, 1.807) is 12.1 Å². The standard InChI is InChI=1S/C9H11FO/c1-2-8-3-5-9(6-4-8)11-7-10/h3-6H,2,7H2,1H3. The van der Waals surface area contributed by atoms with Crippen molar-refractivity contribution in [3.05, 3.63) is 29.8 Å². The molecule has 0 spiro atoms. The van der Waals surface area contributed by atoms with Crippen LogP contribution in [-0.2, 0) is 6.42 Å². The third kappa shape index (κ3) is 2.22. The average Bonchev–Trinajstić information content (AvgIpc) is 2.07. The average molecular weight is 154 g/mol. The summed E-state index contributed by atoms with van der Waals surface area (Å²) in [6.45, 7) is 1.32. The predicted molar refractivity (Wildman–Crippen MR) is 42.4 cm³/mol. The van der Waals surface area contributed by atoms with Crippen LogP contribution in [0.1, 0.15) is 12.5 Å². The van der Waals surface area contributed by atoms with Gasteiger partial charge in [0, 0.05) is 0 Å². The summed E-state index contributed by atoms with van der Waals surface area (Å²) in [4.78, 5) is 0. The summed E-state index contributed by atoms with van der Waals surface area (Å²) in [5, 5.41) is 0. The van der Waals surface area contributed by atoms with Gasteiger partial charge in [-0.2, -0.15) is 0 Å². The van der Waals surface area contributed by atoms with Gasteiger partial charge in [0.05, 0.1) is 0 Å². The maximum atomic E-state index is 11.6. The molecule has 0 radical (unpaired) electrons. The minimum atomic E-state index is -0.758. The second-order valence-electron chi connectivity index (χ2n) is 2.25. The topological polar surface area (TPSA) is 9.23 Å². The monoisotopic (exact) mass is 154 g/mol. The van der Waals surface area contributed by atoms with Gasteiger partial charge in [0.15, 0.2) is 0 Å². The van der Waals surface area contributed by atoms with Gasteiger partial charge in [-0.15, -0.1) is 0 Å². The molecule has 0 bridgehead atoms. The van der Waals surface area contributed by atoms with E-state index in [4.69, 9.17) is 0 Å². The van der Waals surface area contributed by atoms with Crippen LogP contribution in [0.3, 0.4) is 0 Å². The maximum absolute atomic E-state index is 11.6. The molecule has 0 unspecified atom stereocenters. The van der Waals surface area contributed by atoms with Gasteiger partial charge in [0.2, 0.25) is 6.86 Å². The van der Waals surface area contributed by atoms with E-state index in [0.717, 1.165) is 6.42 Å². The summed E-state index contributed by atoms with van der Waals surface area (Å²) in [5.41, 5.74) is 1.23. The number of aryl methyl sites for hydroxylation is 1. The van der Waals surface area contributed by atoms with Crippen LogP contribution < -0.4 is 4.74 Å². The summed E-state index contributed by atoms with van der Waals surface area (Å²) < 4.78 is 16.3. The zero-order valence-corrected chi connectivity index (χ0v) is 6.51. The number of halogens is 1. The minimum Gasteiger partial charge on any atom is -0.463 e. The summed E-state index contributed by atoms with van der Waals surface area (Å²) in [5.74, 6) is 0.588. The second-order valence-corrected chi connectivity index (χ2v) is 2.25. The van der Waals surface area contributed by atoms with E-state index in [1.165, 1.54) is 5.56 Å². The number of ether oxygens (including phenoxy) is 1. The van der Waals surface area contributed by atoms with E-state index in [9.17, 15) is 4.39 Å². The van der Waals surface area contributed by atoms with E-state index in [2.05, 4.69) is 11.7 Å². The van der Waals surface area contributed by atoms with Crippen LogP contribution in [-0.4, -0.2) is 6.86 Å². The van der Waals surface area contributed by atoms with Gasteiger partial charge in [-0.3, -0.25) is 0 Å². The first-order chi connectivity index (χ1) is 5.36. The lowest BCUT2D eigenvalue weighted by molar-refractivity contribution is 0.191. The highest BCUT2D eigenvalue weighted by atomic mass is 19.1. The highest BCUT2D eigenvalue weighted by Crippen LogP contribution is 2.11. The van der Waals surface area contributed by atoms with E-state index in [-0.39, 0.29) is 0 Å². The van der Waals surface area contributed by atoms with Crippen LogP contribution in [0.5, 0.6) is 5.75 Å². The van der Waals surface area contributed by atoms with Gasteiger partial charge < -0.3 is 4.74 Å². The molecule has 1 nitrogen and oxygen atoms in total. The molecule has 0 saturated heterocycles. The molecule has 0 fully saturated rings. The highest BCUT2D eigenvalue weighted by molar-refractivity contribution is 5.26. The molecule has 0 heterocycles. The molecular weight excluding hydrogens is 143 g/mol. The Kier molecular flexibility index (Phi) is 2.90. The van der Waals surface area contributed by atoms with Crippen LogP contribution in [0.25, 0.3) is 0 Å². The van der Waals surface area contributed by atoms with Crippen LogP contribution in [0.2, 0.25) is 0 Å². The second kappa shape index (κ2) is 3.96. The molecule has 11 heavy (non-hydrogen) atoms. The Bertz CT molecular complexity index is 205. The molecule has 0 saturated carbocycles. The molecule has 1 aromatic rings. The van der Waals surface area contributed by atoms with Crippen LogP contribution in [0.15, 0.2) is 24.3 Å².